The second-order valence-electron chi connectivity index (χ2n) is 7.31. The fraction of sp³-hybridized carbons (Fsp3) is 0.600. The van der Waals surface area contributed by atoms with E-state index in [0.29, 0.717) is 38.6 Å². The van der Waals surface area contributed by atoms with E-state index in [-0.39, 0.29) is 12.5 Å². The van der Waals surface area contributed by atoms with E-state index in [1.807, 2.05) is 20.8 Å². The summed E-state index contributed by atoms with van der Waals surface area (Å²) in [7, 11) is 0. The van der Waals surface area contributed by atoms with Crippen molar-refractivity contribution in [2.75, 3.05) is 13.1 Å². The van der Waals surface area contributed by atoms with E-state index in [1.165, 1.54) is 11.1 Å². The predicted molar refractivity (Wildman–Crippen MR) is 96.4 cm³/mol. The molecule has 0 bridgehead atoms. The number of benzene rings is 1. The van der Waals surface area contributed by atoms with Crippen LogP contribution in [0.15, 0.2) is 18.2 Å². The first-order chi connectivity index (χ1) is 11.8. The van der Waals surface area contributed by atoms with Gasteiger partial charge in [0.05, 0.1) is 11.5 Å². The number of aliphatic hydroxyl groups excluding tert-OH is 1. The molecule has 1 aliphatic heterocycles. The van der Waals surface area contributed by atoms with E-state index >= 15 is 0 Å². The molecule has 25 heavy (non-hydrogen) atoms. The first-order valence-corrected chi connectivity index (χ1v) is 9.05. The van der Waals surface area contributed by atoms with E-state index in [0.717, 1.165) is 5.56 Å². The van der Waals surface area contributed by atoms with Crippen LogP contribution in [0.4, 0.5) is 0 Å². The lowest BCUT2D eigenvalue weighted by atomic mass is 9.72. The predicted octanol–water partition coefficient (Wildman–Crippen LogP) is 2.70. The maximum absolute atomic E-state index is 12.5. The summed E-state index contributed by atoms with van der Waals surface area (Å²) in [5.41, 5.74) is 2.39. The van der Waals surface area contributed by atoms with Crippen LogP contribution in [-0.2, 0) is 16.0 Å². The quantitative estimate of drug-likeness (QED) is 0.829. The van der Waals surface area contributed by atoms with Crippen LogP contribution in [0.2, 0.25) is 0 Å². The lowest BCUT2D eigenvalue weighted by Gasteiger charge is -2.42. The summed E-state index contributed by atoms with van der Waals surface area (Å²) in [6.45, 7) is 6.50. The van der Waals surface area contributed by atoms with Crippen molar-refractivity contribution in [3.8, 4) is 0 Å². The number of rotatable bonds is 6. The van der Waals surface area contributed by atoms with Gasteiger partial charge in [0, 0.05) is 19.5 Å². The lowest BCUT2D eigenvalue weighted by Crippen LogP contribution is -2.56. The van der Waals surface area contributed by atoms with Crippen LogP contribution in [0.1, 0.15) is 49.3 Å². The molecule has 1 heterocycles. The van der Waals surface area contributed by atoms with Crippen molar-refractivity contribution in [3.05, 3.63) is 34.9 Å². The molecule has 1 aromatic carbocycles. The molecule has 1 aromatic rings. The van der Waals surface area contributed by atoms with Gasteiger partial charge in [0.15, 0.2) is 0 Å². The van der Waals surface area contributed by atoms with Gasteiger partial charge in [0.1, 0.15) is 0 Å². The average molecular weight is 347 g/mol. The van der Waals surface area contributed by atoms with Crippen LogP contribution in [0.25, 0.3) is 0 Å². The number of aliphatic hydroxyl groups is 1. The zero-order valence-electron chi connectivity index (χ0n) is 15.4. The highest BCUT2D eigenvalue weighted by Crippen LogP contribution is 2.37. The average Bonchev–Trinajstić information content (AvgIpc) is 2.53. The molecule has 0 unspecified atom stereocenters. The van der Waals surface area contributed by atoms with E-state index < -0.39 is 17.5 Å². The Hall–Kier alpha value is -1.88. The van der Waals surface area contributed by atoms with Gasteiger partial charge in [0.25, 0.3) is 0 Å². The number of aryl methyl sites for hydroxylation is 3. The maximum Gasteiger partial charge on any atom is 0.312 e. The molecular formula is C20H29NO4. The Morgan fingerprint density at radius 2 is 1.88 bits per heavy atom. The Kier molecular flexibility index (Phi) is 6.22. The number of carbonyl (C=O) groups excluding carboxylic acids is 1. The van der Waals surface area contributed by atoms with E-state index in [9.17, 15) is 19.8 Å². The fourth-order valence-electron chi connectivity index (χ4n) is 3.92. The maximum atomic E-state index is 12.5. The minimum absolute atomic E-state index is 0.0197. The number of hydrogen-bond donors (Lipinski definition) is 2. The molecule has 5 heteroatoms. The molecule has 0 radical (unpaired) electrons. The van der Waals surface area contributed by atoms with Crippen LogP contribution < -0.4 is 0 Å². The minimum Gasteiger partial charge on any atom is -0.481 e. The van der Waals surface area contributed by atoms with Crippen LogP contribution in [0.3, 0.4) is 0 Å². The number of carboxylic acid groups (broad SMARTS) is 1. The third kappa shape index (κ3) is 4.40. The Bertz CT molecular complexity index is 622. The van der Waals surface area contributed by atoms with Crippen molar-refractivity contribution in [2.45, 2.75) is 59.0 Å². The van der Waals surface area contributed by atoms with Gasteiger partial charge >= 0.3 is 5.97 Å². The summed E-state index contributed by atoms with van der Waals surface area (Å²) in [4.78, 5) is 25.8. The zero-order chi connectivity index (χ0) is 18.6. The number of nitrogens with zero attached hydrogens (tertiary/aromatic N) is 1. The highest BCUT2D eigenvalue weighted by atomic mass is 16.4. The van der Waals surface area contributed by atoms with Crippen LogP contribution in [0, 0.1) is 19.3 Å². The second kappa shape index (κ2) is 8.00. The molecule has 0 saturated carbocycles. The number of carbonyl (C=O) groups is 2. The van der Waals surface area contributed by atoms with Crippen molar-refractivity contribution in [1.82, 2.24) is 4.90 Å². The molecule has 1 saturated heterocycles. The smallest absolute Gasteiger partial charge is 0.312 e. The number of β-amino-alcohol motifs (C(OH)–C–C–N with tert-alkyl or cyclic N) is 1. The number of carboxylic acids is 1. The summed E-state index contributed by atoms with van der Waals surface area (Å²) < 4.78 is 0. The highest BCUT2D eigenvalue weighted by molar-refractivity contribution is 5.79. The van der Waals surface area contributed by atoms with Crippen LogP contribution in [0.5, 0.6) is 0 Å². The van der Waals surface area contributed by atoms with Gasteiger partial charge in [0.2, 0.25) is 5.91 Å². The third-order valence-electron chi connectivity index (χ3n) is 5.24. The van der Waals surface area contributed by atoms with Gasteiger partial charge in [-0.3, -0.25) is 9.59 Å². The number of aliphatic carboxylic acids is 1. The summed E-state index contributed by atoms with van der Waals surface area (Å²) in [5, 5.41) is 20.0. The number of hydrogen-bond acceptors (Lipinski definition) is 3. The molecular weight excluding hydrogens is 318 g/mol. The molecule has 1 aliphatic rings. The van der Waals surface area contributed by atoms with Crippen LogP contribution in [-0.4, -0.2) is 46.2 Å². The molecule has 2 rings (SSSR count). The minimum atomic E-state index is -1.11. The molecule has 1 fully saturated rings. The first-order valence-electron chi connectivity index (χ1n) is 9.05. The Balaban J connectivity index is 1.97. The molecule has 2 atom stereocenters. The van der Waals surface area contributed by atoms with Gasteiger partial charge in [-0.25, -0.2) is 0 Å². The van der Waals surface area contributed by atoms with E-state index in [4.69, 9.17) is 0 Å². The molecule has 2 N–H and O–H groups in total. The summed E-state index contributed by atoms with van der Waals surface area (Å²) in [6.07, 6.45) is 1.48. The topological polar surface area (TPSA) is 77.8 Å². The third-order valence-corrected chi connectivity index (χ3v) is 5.24. The van der Waals surface area contributed by atoms with Crippen molar-refractivity contribution in [1.29, 1.82) is 0 Å². The van der Waals surface area contributed by atoms with Gasteiger partial charge in [-0.1, -0.05) is 42.7 Å². The lowest BCUT2D eigenvalue weighted by molar-refractivity contribution is -0.167. The monoisotopic (exact) mass is 347 g/mol. The summed E-state index contributed by atoms with van der Waals surface area (Å²) in [5.74, 6) is -0.974. The first kappa shape index (κ1) is 19.4. The number of likely N-dealkylation sites (tertiary alicyclic amines) is 1. The Labute approximate surface area is 149 Å². The Morgan fingerprint density at radius 1 is 1.24 bits per heavy atom. The standard InChI is InChI=1S/C20H29NO4/c1-4-7-20(19(24)25)8-9-21(13-17(20)22)18(23)6-5-16-11-14(2)10-15(3)12-16/h10-12,17,22H,4-9,13H2,1-3H3,(H,24,25)/t17-,20+/m1/s1. The molecule has 0 spiro atoms. The van der Waals surface area contributed by atoms with Crippen molar-refractivity contribution < 1.29 is 19.8 Å². The molecule has 0 aromatic heterocycles. The normalized spacial score (nSPS) is 23.5. The molecule has 5 nitrogen and oxygen atoms in total. The largest absolute Gasteiger partial charge is 0.481 e. The number of piperidine rings is 1. The number of amides is 1. The SMILES string of the molecule is CCC[C@]1(C(=O)O)CCN(C(=O)CCc2cc(C)cc(C)c2)C[C@H]1O. The van der Waals surface area contributed by atoms with Gasteiger partial charge in [-0.05, 0) is 38.7 Å². The van der Waals surface area contributed by atoms with Gasteiger partial charge < -0.3 is 15.1 Å². The summed E-state index contributed by atoms with van der Waals surface area (Å²) >= 11 is 0. The molecule has 138 valence electrons. The van der Waals surface area contributed by atoms with Crippen molar-refractivity contribution >= 4 is 11.9 Å². The van der Waals surface area contributed by atoms with Crippen LogP contribution >= 0.6 is 0 Å². The highest BCUT2D eigenvalue weighted by Gasteiger charge is 2.48. The zero-order valence-corrected chi connectivity index (χ0v) is 15.4. The van der Waals surface area contributed by atoms with Gasteiger partial charge in [-0.2, -0.15) is 0 Å². The summed E-state index contributed by atoms with van der Waals surface area (Å²) in [6, 6.07) is 6.27. The van der Waals surface area contributed by atoms with Gasteiger partial charge in [-0.15, -0.1) is 0 Å². The Morgan fingerprint density at radius 3 is 2.40 bits per heavy atom. The van der Waals surface area contributed by atoms with E-state index in [2.05, 4.69) is 18.2 Å². The van der Waals surface area contributed by atoms with Crippen molar-refractivity contribution in [2.24, 2.45) is 5.41 Å². The fourth-order valence-corrected chi connectivity index (χ4v) is 3.92. The molecule has 0 aliphatic carbocycles. The second-order valence-corrected chi connectivity index (χ2v) is 7.31. The van der Waals surface area contributed by atoms with E-state index in [1.54, 1.807) is 4.90 Å². The molecule has 1 amide bonds. The van der Waals surface area contributed by atoms with Crippen molar-refractivity contribution in [3.63, 3.8) is 0 Å².